The molecular formula is C22H25NO3S. The molecule has 1 aliphatic rings. The standard InChI is InChI=1S/C22H25NO3S/c1-14-9-10-19(11-15(14)2)27-13-21(24)26-17(4)22(25)23-16(3)12-18-7-5-6-8-20(18)23/h5-11,16-17H,12-13H2,1-4H3/t16-,17-/m1/s1. The van der Waals surface area contributed by atoms with Gasteiger partial charge in [-0.2, -0.15) is 0 Å². The number of carbonyl (C=O) groups is 2. The van der Waals surface area contributed by atoms with E-state index >= 15 is 0 Å². The van der Waals surface area contributed by atoms with Gasteiger partial charge in [-0.3, -0.25) is 9.59 Å². The Morgan fingerprint density at radius 3 is 2.67 bits per heavy atom. The van der Waals surface area contributed by atoms with E-state index in [0.29, 0.717) is 0 Å². The van der Waals surface area contributed by atoms with Crippen LogP contribution in [0.1, 0.15) is 30.5 Å². The van der Waals surface area contributed by atoms with Crippen LogP contribution in [0.3, 0.4) is 0 Å². The molecule has 27 heavy (non-hydrogen) atoms. The third kappa shape index (κ3) is 4.35. The van der Waals surface area contributed by atoms with Crippen LogP contribution in [0.5, 0.6) is 0 Å². The fourth-order valence-corrected chi connectivity index (χ4v) is 4.10. The van der Waals surface area contributed by atoms with Crippen molar-refractivity contribution in [3.8, 4) is 0 Å². The Hall–Kier alpha value is -2.27. The Morgan fingerprint density at radius 1 is 1.19 bits per heavy atom. The molecule has 0 aliphatic carbocycles. The zero-order chi connectivity index (χ0) is 19.6. The summed E-state index contributed by atoms with van der Waals surface area (Å²) in [6.07, 6.45) is 0.0250. The molecule has 5 heteroatoms. The van der Waals surface area contributed by atoms with Gasteiger partial charge in [-0.05, 0) is 69.0 Å². The second-order valence-corrected chi connectivity index (χ2v) is 8.11. The summed E-state index contributed by atoms with van der Waals surface area (Å²) in [6, 6.07) is 14.1. The lowest BCUT2D eigenvalue weighted by atomic mass is 10.1. The van der Waals surface area contributed by atoms with Crippen molar-refractivity contribution in [1.82, 2.24) is 0 Å². The second kappa shape index (κ2) is 8.17. The molecule has 1 heterocycles. The molecule has 3 rings (SSSR count). The van der Waals surface area contributed by atoms with Crippen molar-refractivity contribution in [1.29, 1.82) is 0 Å². The number of hydrogen-bond donors (Lipinski definition) is 0. The lowest BCUT2D eigenvalue weighted by Gasteiger charge is -2.25. The number of nitrogens with zero attached hydrogens (tertiary/aromatic N) is 1. The molecular weight excluding hydrogens is 358 g/mol. The first kappa shape index (κ1) is 19.5. The Labute approximate surface area is 164 Å². The number of amides is 1. The van der Waals surface area contributed by atoms with Gasteiger partial charge in [0.05, 0.1) is 5.75 Å². The number of thioether (sulfide) groups is 1. The largest absolute Gasteiger partial charge is 0.452 e. The van der Waals surface area contributed by atoms with E-state index in [1.807, 2.05) is 50.2 Å². The monoisotopic (exact) mass is 383 g/mol. The van der Waals surface area contributed by atoms with Gasteiger partial charge in [0.25, 0.3) is 5.91 Å². The van der Waals surface area contributed by atoms with Crippen LogP contribution in [0.25, 0.3) is 0 Å². The molecule has 2 aromatic carbocycles. The van der Waals surface area contributed by atoms with Crippen molar-refractivity contribution < 1.29 is 14.3 Å². The van der Waals surface area contributed by atoms with Gasteiger partial charge in [-0.15, -0.1) is 11.8 Å². The Morgan fingerprint density at radius 2 is 1.93 bits per heavy atom. The first-order valence-corrected chi connectivity index (χ1v) is 10.2. The van der Waals surface area contributed by atoms with E-state index in [-0.39, 0.29) is 23.7 Å². The fourth-order valence-electron chi connectivity index (χ4n) is 3.32. The molecule has 0 N–H and O–H groups in total. The minimum Gasteiger partial charge on any atom is -0.452 e. The highest BCUT2D eigenvalue weighted by Gasteiger charge is 2.34. The molecule has 2 aromatic rings. The quantitative estimate of drug-likeness (QED) is 0.570. The first-order valence-electron chi connectivity index (χ1n) is 9.17. The minimum atomic E-state index is -0.800. The number of aryl methyl sites for hydroxylation is 2. The summed E-state index contributed by atoms with van der Waals surface area (Å²) < 4.78 is 5.41. The average Bonchev–Trinajstić information content (AvgIpc) is 2.97. The van der Waals surface area contributed by atoms with Crippen LogP contribution >= 0.6 is 11.8 Å². The Kier molecular flexibility index (Phi) is 5.90. The molecule has 0 spiro atoms. The van der Waals surface area contributed by atoms with Crippen molar-refractivity contribution in [2.45, 2.75) is 51.2 Å². The fraction of sp³-hybridized carbons (Fsp3) is 0.364. The van der Waals surface area contributed by atoms with Crippen LogP contribution in [0.2, 0.25) is 0 Å². The SMILES string of the molecule is Cc1ccc(SCC(=O)O[C@H](C)C(=O)N2c3ccccc3C[C@H]2C)cc1C. The molecule has 0 radical (unpaired) electrons. The van der Waals surface area contributed by atoms with Gasteiger partial charge < -0.3 is 9.64 Å². The molecule has 0 aromatic heterocycles. The molecule has 0 unspecified atom stereocenters. The highest BCUT2D eigenvalue weighted by atomic mass is 32.2. The molecule has 0 bridgehead atoms. The molecule has 0 saturated carbocycles. The van der Waals surface area contributed by atoms with Crippen molar-refractivity contribution in [2.75, 3.05) is 10.7 Å². The van der Waals surface area contributed by atoms with Crippen LogP contribution in [-0.2, 0) is 20.7 Å². The first-order chi connectivity index (χ1) is 12.9. The van der Waals surface area contributed by atoms with Crippen LogP contribution in [0.4, 0.5) is 5.69 Å². The van der Waals surface area contributed by atoms with E-state index in [1.54, 1.807) is 11.8 Å². The molecule has 1 amide bonds. The lowest BCUT2D eigenvalue weighted by molar-refractivity contribution is -0.151. The van der Waals surface area contributed by atoms with Crippen LogP contribution in [0.15, 0.2) is 47.4 Å². The van der Waals surface area contributed by atoms with E-state index in [4.69, 9.17) is 4.74 Å². The van der Waals surface area contributed by atoms with Crippen molar-refractivity contribution >= 4 is 29.3 Å². The second-order valence-electron chi connectivity index (χ2n) is 7.06. The normalized spacial score (nSPS) is 16.7. The summed E-state index contributed by atoms with van der Waals surface area (Å²) >= 11 is 1.43. The van der Waals surface area contributed by atoms with Crippen molar-refractivity contribution in [3.05, 3.63) is 59.2 Å². The predicted molar refractivity (Wildman–Crippen MR) is 109 cm³/mol. The predicted octanol–water partition coefficient (Wildman–Crippen LogP) is 4.31. The summed E-state index contributed by atoms with van der Waals surface area (Å²) in [7, 11) is 0. The highest BCUT2D eigenvalue weighted by Crippen LogP contribution is 2.32. The van der Waals surface area contributed by atoms with E-state index in [0.717, 1.165) is 22.6 Å². The molecule has 0 saturated heterocycles. The maximum atomic E-state index is 12.9. The summed E-state index contributed by atoms with van der Waals surface area (Å²) in [5.41, 5.74) is 4.49. The number of ether oxygens (including phenoxy) is 1. The van der Waals surface area contributed by atoms with Crippen LogP contribution < -0.4 is 4.90 Å². The zero-order valence-corrected chi connectivity index (χ0v) is 17.0. The van der Waals surface area contributed by atoms with Gasteiger partial charge in [0.15, 0.2) is 6.10 Å². The van der Waals surface area contributed by atoms with Crippen molar-refractivity contribution in [3.63, 3.8) is 0 Å². The van der Waals surface area contributed by atoms with Gasteiger partial charge in [0, 0.05) is 16.6 Å². The number of rotatable bonds is 5. The van der Waals surface area contributed by atoms with Gasteiger partial charge >= 0.3 is 5.97 Å². The summed E-state index contributed by atoms with van der Waals surface area (Å²) in [5, 5.41) is 0. The number of fused-ring (bicyclic) bond motifs is 1. The summed E-state index contributed by atoms with van der Waals surface area (Å²) in [4.78, 5) is 27.8. The number of anilines is 1. The number of hydrogen-bond acceptors (Lipinski definition) is 4. The maximum Gasteiger partial charge on any atom is 0.317 e. The van der Waals surface area contributed by atoms with Gasteiger partial charge in [0.1, 0.15) is 0 Å². The molecule has 2 atom stereocenters. The zero-order valence-electron chi connectivity index (χ0n) is 16.2. The van der Waals surface area contributed by atoms with E-state index in [9.17, 15) is 9.59 Å². The summed E-state index contributed by atoms with van der Waals surface area (Å²) in [5.74, 6) is -0.358. The highest BCUT2D eigenvalue weighted by molar-refractivity contribution is 8.00. The van der Waals surface area contributed by atoms with E-state index < -0.39 is 6.10 Å². The van der Waals surface area contributed by atoms with Gasteiger partial charge in [-0.25, -0.2) is 0 Å². The Bertz CT molecular complexity index is 864. The molecule has 142 valence electrons. The topological polar surface area (TPSA) is 46.6 Å². The van der Waals surface area contributed by atoms with Crippen molar-refractivity contribution in [2.24, 2.45) is 0 Å². The third-order valence-corrected chi connectivity index (χ3v) is 5.90. The number of carbonyl (C=O) groups excluding carboxylic acids is 2. The lowest BCUT2D eigenvalue weighted by Crippen LogP contribution is -2.43. The average molecular weight is 384 g/mol. The number of para-hydroxylation sites is 1. The minimum absolute atomic E-state index is 0.0703. The number of esters is 1. The van der Waals surface area contributed by atoms with Crippen LogP contribution in [-0.4, -0.2) is 29.8 Å². The maximum absolute atomic E-state index is 12.9. The molecule has 1 aliphatic heterocycles. The number of benzene rings is 2. The van der Waals surface area contributed by atoms with E-state index in [2.05, 4.69) is 13.0 Å². The smallest absolute Gasteiger partial charge is 0.317 e. The van der Waals surface area contributed by atoms with E-state index in [1.165, 1.54) is 22.9 Å². The Balaban J connectivity index is 1.58. The van der Waals surface area contributed by atoms with Crippen LogP contribution in [0, 0.1) is 13.8 Å². The van der Waals surface area contributed by atoms with Gasteiger partial charge in [-0.1, -0.05) is 24.3 Å². The summed E-state index contributed by atoms with van der Waals surface area (Å²) in [6.45, 7) is 7.77. The third-order valence-electron chi connectivity index (χ3n) is 4.94. The van der Waals surface area contributed by atoms with Gasteiger partial charge in [0.2, 0.25) is 0 Å². The molecule has 4 nitrogen and oxygen atoms in total. The molecule has 0 fully saturated rings.